The molecule has 3 rings (SSSR count). The first-order chi connectivity index (χ1) is 13.8. The smallest absolute Gasteiger partial charge is 0.410 e. The minimum atomic E-state index is -0.676. The van der Waals surface area contributed by atoms with E-state index in [9.17, 15) is 14.0 Å². The molecule has 4 nitrogen and oxygen atoms in total. The molecule has 1 aliphatic rings. The van der Waals surface area contributed by atoms with Crippen LogP contribution in [0.15, 0.2) is 23.6 Å². The highest BCUT2D eigenvalue weighted by atomic mass is 32.1. The molecule has 1 unspecified atom stereocenters. The molecule has 0 spiro atoms. The molecule has 164 valence electrons. The van der Waals surface area contributed by atoms with Crippen LogP contribution < -0.4 is 0 Å². The molecule has 0 N–H and O–H groups in total. The number of Topliss-reactive ketones (excluding diaryl/α,β-unsaturated/α-hetero) is 1. The van der Waals surface area contributed by atoms with E-state index in [0.29, 0.717) is 36.9 Å². The van der Waals surface area contributed by atoms with Gasteiger partial charge in [-0.25, -0.2) is 9.18 Å². The summed E-state index contributed by atoms with van der Waals surface area (Å²) in [7, 11) is 0. The molecular weight excluding hydrogens is 401 g/mol. The number of nitrogens with zero attached hydrogens (tertiary/aromatic N) is 1. The Morgan fingerprint density at radius 1 is 1.20 bits per heavy atom. The van der Waals surface area contributed by atoms with E-state index in [1.165, 1.54) is 23.5 Å². The van der Waals surface area contributed by atoms with Gasteiger partial charge in [-0.1, -0.05) is 20.8 Å². The quantitative estimate of drug-likeness (QED) is 0.506. The van der Waals surface area contributed by atoms with Crippen LogP contribution in [-0.4, -0.2) is 35.5 Å². The zero-order valence-electron chi connectivity index (χ0n) is 18.8. The van der Waals surface area contributed by atoms with Gasteiger partial charge in [-0.15, -0.1) is 11.3 Å². The largest absolute Gasteiger partial charge is 0.444 e. The van der Waals surface area contributed by atoms with Gasteiger partial charge in [0.05, 0.1) is 5.41 Å². The second-order valence-electron chi connectivity index (χ2n) is 10.6. The number of amides is 1. The highest BCUT2D eigenvalue weighted by Crippen LogP contribution is 2.43. The molecule has 1 fully saturated rings. The van der Waals surface area contributed by atoms with E-state index in [1.807, 2.05) is 26.2 Å². The Balaban J connectivity index is 1.93. The fourth-order valence-corrected chi connectivity index (χ4v) is 4.86. The standard InChI is InChI=1S/C24H32FNO3S/c1-22(2,3)9-10-24(11-12-26(15-24)21(28)29-23(4,5)6)20(27)18-14-30-19-8-7-16(25)13-17(18)19/h7-8,13-14H,9-12,15H2,1-6H3. The predicted molar refractivity (Wildman–Crippen MR) is 120 cm³/mol. The number of ether oxygens (including phenoxy) is 1. The Morgan fingerprint density at radius 2 is 1.90 bits per heavy atom. The van der Waals surface area contributed by atoms with Crippen LogP contribution in [-0.2, 0) is 4.74 Å². The van der Waals surface area contributed by atoms with Crippen molar-refractivity contribution in [2.45, 2.75) is 66.4 Å². The van der Waals surface area contributed by atoms with Gasteiger partial charge in [-0.3, -0.25) is 4.79 Å². The molecule has 2 aromatic rings. The van der Waals surface area contributed by atoms with Gasteiger partial charge in [0.2, 0.25) is 0 Å². The number of hydrogen-bond acceptors (Lipinski definition) is 4. The Hall–Kier alpha value is -1.95. The van der Waals surface area contributed by atoms with Gasteiger partial charge < -0.3 is 9.64 Å². The van der Waals surface area contributed by atoms with Crippen LogP contribution in [0.4, 0.5) is 9.18 Å². The van der Waals surface area contributed by atoms with Crippen LogP contribution in [0.2, 0.25) is 0 Å². The molecule has 0 radical (unpaired) electrons. The van der Waals surface area contributed by atoms with Crippen LogP contribution >= 0.6 is 11.3 Å². The van der Waals surface area contributed by atoms with E-state index in [1.54, 1.807) is 11.0 Å². The summed E-state index contributed by atoms with van der Waals surface area (Å²) < 4.78 is 20.3. The van der Waals surface area contributed by atoms with Crippen molar-refractivity contribution in [1.29, 1.82) is 0 Å². The second-order valence-corrected chi connectivity index (χ2v) is 11.5. The predicted octanol–water partition coefficient (Wildman–Crippen LogP) is 6.68. The SMILES string of the molecule is CC(C)(C)CCC1(C(=O)c2csc3ccc(F)cc23)CCN(C(=O)OC(C)(C)C)C1. The number of likely N-dealkylation sites (tertiary alicyclic amines) is 1. The number of carbonyl (C=O) groups excluding carboxylic acids is 2. The molecule has 1 saturated heterocycles. The van der Waals surface area contributed by atoms with Gasteiger partial charge in [-0.2, -0.15) is 0 Å². The molecule has 1 atom stereocenters. The molecule has 6 heteroatoms. The number of carbonyl (C=O) groups is 2. The van der Waals surface area contributed by atoms with Crippen LogP contribution in [0.1, 0.15) is 71.2 Å². The molecule has 1 aromatic carbocycles. The zero-order chi connectivity index (χ0) is 22.3. The van der Waals surface area contributed by atoms with Gasteiger partial charge in [0.15, 0.2) is 5.78 Å². The lowest BCUT2D eigenvalue weighted by atomic mass is 9.72. The first kappa shape index (κ1) is 22.7. The Morgan fingerprint density at radius 3 is 2.53 bits per heavy atom. The highest BCUT2D eigenvalue weighted by molar-refractivity contribution is 7.17. The lowest BCUT2D eigenvalue weighted by molar-refractivity contribution is 0.0270. The van der Waals surface area contributed by atoms with E-state index in [4.69, 9.17) is 4.74 Å². The summed E-state index contributed by atoms with van der Waals surface area (Å²) in [5, 5.41) is 2.50. The second kappa shape index (κ2) is 7.95. The highest BCUT2D eigenvalue weighted by Gasteiger charge is 2.47. The normalized spacial score (nSPS) is 20.0. The number of hydrogen-bond donors (Lipinski definition) is 0. The van der Waals surface area contributed by atoms with Crippen molar-refractivity contribution in [3.05, 3.63) is 35.0 Å². The van der Waals surface area contributed by atoms with E-state index >= 15 is 0 Å². The molecule has 0 bridgehead atoms. The number of thiophene rings is 1. The molecule has 2 heterocycles. The number of halogens is 1. The maximum atomic E-state index is 13.9. The monoisotopic (exact) mass is 433 g/mol. The van der Waals surface area contributed by atoms with Gasteiger partial charge in [0, 0.05) is 34.1 Å². The molecule has 1 aromatic heterocycles. The van der Waals surface area contributed by atoms with Crippen molar-refractivity contribution in [1.82, 2.24) is 4.90 Å². The van der Waals surface area contributed by atoms with E-state index < -0.39 is 11.0 Å². The molecular formula is C24H32FNO3S. The van der Waals surface area contributed by atoms with Crippen LogP contribution in [0.25, 0.3) is 10.1 Å². The van der Waals surface area contributed by atoms with E-state index in [2.05, 4.69) is 20.8 Å². The average Bonchev–Trinajstić information content (AvgIpc) is 3.22. The summed E-state index contributed by atoms with van der Waals surface area (Å²) in [5.74, 6) is -0.338. The minimum absolute atomic E-state index is 0.00894. The van der Waals surface area contributed by atoms with Crippen molar-refractivity contribution in [2.75, 3.05) is 13.1 Å². The topological polar surface area (TPSA) is 46.6 Å². The summed E-state index contributed by atoms with van der Waals surface area (Å²) in [5.41, 5.74) is -0.631. The third-order valence-electron chi connectivity index (χ3n) is 5.62. The molecule has 0 aliphatic carbocycles. The first-order valence-electron chi connectivity index (χ1n) is 10.5. The zero-order valence-corrected chi connectivity index (χ0v) is 19.6. The van der Waals surface area contributed by atoms with E-state index in [0.717, 1.165) is 11.1 Å². The fourth-order valence-electron chi connectivity index (χ4n) is 3.93. The summed E-state index contributed by atoms with van der Waals surface area (Å²) in [6.45, 7) is 12.8. The maximum absolute atomic E-state index is 13.9. The van der Waals surface area contributed by atoms with Gasteiger partial charge in [0.1, 0.15) is 11.4 Å². The van der Waals surface area contributed by atoms with Crippen molar-refractivity contribution in [2.24, 2.45) is 10.8 Å². The van der Waals surface area contributed by atoms with Gasteiger partial charge >= 0.3 is 6.09 Å². The third-order valence-corrected chi connectivity index (χ3v) is 6.58. The molecule has 1 aliphatic heterocycles. The summed E-state index contributed by atoms with van der Waals surface area (Å²) >= 11 is 1.45. The molecule has 30 heavy (non-hydrogen) atoms. The number of ketones is 1. The van der Waals surface area contributed by atoms with Crippen molar-refractivity contribution < 1.29 is 18.7 Å². The van der Waals surface area contributed by atoms with Crippen molar-refractivity contribution >= 4 is 33.3 Å². The summed E-state index contributed by atoms with van der Waals surface area (Å²) in [6, 6.07) is 4.58. The first-order valence-corrected chi connectivity index (χ1v) is 11.4. The lowest BCUT2D eigenvalue weighted by Gasteiger charge is -2.31. The average molecular weight is 434 g/mol. The van der Waals surface area contributed by atoms with Crippen LogP contribution in [0.3, 0.4) is 0 Å². The third kappa shape index (κ3) is 5.02. The Kier molecular flexibility index (Phi) is 6.02. The number of fused-ring (bicyclic) bond motifs is 1. The van der Waals surface area contributed by atoms with Crippen molar-refractivity contribution in [3.8, 4) is 0 Å². The summed E-state index contributed by atoms with van der Waals surface area (Å²) in [4.78, 5) is 28.1. The van der Waals surface area contributed by atoms with Crippen molar-refractivity contribution in [3.63, 3.8) is 0 Å². The number of rotatable bonds is 4. The lowest BCUT2D eigenvalue weighted by Crippen LogP contribution is -2.40. The summed E-state index contributed by atoms with van der Waals surface area (Å²) in [6.07, 6.45) is 1.75. The molecule has 0 saturated carbocycles. The fraction of sp³-hybridized carbons (Fsp3) is 0.583. The minimum Gasteiger partial charge on any atom is -0.444 e. The molecule has 1 amide bonds. The van der Waals surface area contributed by atoms with Crippen LogP contribution in [0.5, 0.6) is 0 Å². The Bertz CT molecular complexity index is 953. The van der Waals surface area contributed by atoms with Gasteiger partial charge in [0.25, 0.3) is 0 Å². The van der Waals surface area contributed by atoms with Crippen LogP contribution in [0, 0.1) is 16.6 Å². The number of benzene rings is 1. The van der Waals surface area contributed by atoms with Gasteiger partial charge in [-0.05, 0) is 63.6 Å². The van der Waals surface area contributed by atoms with E-state index in [-0.39, 0.29) is 23.1 Å². The Labute approximate surface area is 182 Å². The maximum Gasteiger partial charge on any atom is 0.410 e.